The first-order valence-electron chi connectivity index (χ1n) is 19.0. The molecule has 55 heavy (non-hydrogen) atoms. The number of benzene rings is 8. The highest BCUT2D eigenvalue weighted by molar-refractivity contribution is 7.03. The Morgan fingerprint density at radius 2 is 0.782 bits per heavy atom. The number of nitrogens with zero attached hydrogens (tertiary/aromatic N) is 2. The van der Waals surface area contributed by atoms with E-state index in [4.69, 9.17) is 9.97 Å². The molecule has 0 spiro atoms. The molecule has 0 fully saturated rings. The van der Waals surface area contributed by atoms with Crippen LogP contribution in [0.5, 0.6) is 0 Å². The van der Waals surface area contributed by atoms with Crippen LogP contribution in [0.25, 0.3) is 89.1 Å². The highest BCUT2D eigenvalue weighted by atomic mass is 28.3. The van der Waals surface area contributed by atoms with Crippen molar-refractivity contribution < 1.29 is 0 Å². The molecule has 0 N–H and O–H groups in total. The molecule has 8 aromatic carbocycles. The summed E-state index contributed by atoms with van der Waals surface area (Å²) in [6.07, 6.45) is 0. The van der Waals surface area contributed by atoms with Crippen molar-refractivity contribution in [3.05, 3.63) is 194 Å². The molecular weight excluding hydrogens is 681 g/mol. The Balaban J connectivity index is 1.16. The summed E-state index contributed by atoms with van der Waals surface area (Å²) in [5, 5.41) is 5.13. The summed E-state index contributed by atoms with van der Waals surface area (Å²) in [4.78, 5) is 11.1. The molecule has 10 rings (SSSR count). The number of fused-ring (bicyclic) bond motifs is 5. The van der Waals surface area contributed by atoms with E-state index >= 15 is 0 Å². The summed E-state index contributed by atoms with van der Waals surface area (Å²) >= 11 is 0. The minimum atomic E-state index is -2.22. The molecule has 0 radical (unpaired) electrons. The van der Waals surface area contributed by atoms with E-state index in [0.717, 1.165) is 33.8 Å². The third-order valence-electron chi connectivity index (χ3n) is 11.2. The topological polar surface area (TPSA) is 25.8 Å². The lowest BCUT2D eigenvalue weighted by molar-refractivity contribution is 1.21. The number of rotatable bonds is 6. The van der Waals surface area contributed by atoms with Crippen LogP contribution in [0.1, 0.15) is 0 Å². The van der Waals surface area contributed by atoms with E-state index in [1.807, 2.05) is 0 Å². The maximum Gasteiger partial charge on any atom is 0.159 e. The van der Waals surface area contributed by atoms with Crippen molar-refractivity contribution in [1.29, 1.82) is 0 Å². The van der Waals surface area contributed by atoms with Crippen LogP contribution in [0.2, 0.25) is 13.1 Å². The van der Waals surface area contributed by atoms with Crippen molar-refractivity contribution in [3.63, 3.8) is 0 Å². The normalized spacial score (nSPS) is 12.7. The Labute approximate surface area is 323 Å². The molecule has 1 aliphatic heterocycles. The highest BCUT2D eigenvalue weighted by Gasteiger charge is 2.42. The fourth-order valence-corrected chi connectivity index (χ4v) is 11.3. The molecule has 1 aliphatic rings. The Morgan fingerprint density at radius 1 is 0.345 bits per heavy atom. The summed E-state index contributed by atoms with van der Waals surface area (Å²) in [5.41, 5.74) is 15.1. The van der Waals surface area contributed by atoms with Gasteiger partial charge in [0.2, 0.25) is 0 Å². The molecule has 0 unspecified atom stereocenters. The molecule has 3 heteroatoms. The van der Waals surface area contributed by atoms with Gasteiger partial charge >= 0.3 is 0 Å². The van der Waals surface area contributed by atoms with Gasteiger partial charge in [-0.1, -0.05) is 183 Å². The lowest BCUT2D eigenvalue weighted by atomic mass is 9.93. The second-order valence-electron chi connectivity index (χ2n) is 15.0. The smallest absolute Gasteiger partial charge is 0.159 e. The zero-order chi connectivity index (χ0) is 36.9. The predicted octanol–water partition coefficient (Wildman–Crippen LogP) is 12.4. The van der Waals surface area contributed by atoms with Crippen molar-refractivity contribution in [2.45, 2.75) is 13.1 Å². The van der Waals surface area contributed by atoms with Crippen molar-refractivity contribution >= 4 is 29.4 Å². The van der Waals surface area contributed by atoms with Crippen LogP contribution in [-0.2, 0) is 0 Å². The van der Waals surface area contributed by atoms with Gasteiger partial charge in [-0.05, 0) is 90.3 Å². The summed E-state index contributed by atoms with van der Waals surface area (Å²) in [6, 6.07) is 69.9. The van der Waals surface area contributed by atoms with E-state index < -0.39 is 8.07 Å². The van der Waals surface area contributed by atoms with E-state index in [2.05, 4.69) is 207 Å². The molecular formula is C52H38N2Si. The fraction of sp³-hybridized carbons (Fsp3) is 0.0385. The highest BCUT2D eigenvalue weighted by Crippen LogP contribution is 2.41. The van der Waals surface area contributed by atoms with Gasteiger partial charge in [0.1, 0.15) is 8.07 Å². The van der Waals surface area contributed by atoms with E-state index in [1.165, 1.54) is 65.8 Å². The maximum atomic E-state index is 5.57. The van der Waals surface area contributed by atoms with Crippen molar-refractivity contribution in [2.75, 3.05) is 0 Å². The molecule has 1 aromatic heterocycles. The van der Waals surface area contributed by atoms with Crippen LogP contribution in [0.3, 0.4) is 0 Å². The minimum Gasteiger partial charge on any atom is -0.237 e. The number of aromatic nitrogens is 2. The standard InChI is InChI=1S/C52H38N2Si/c1-55(2)47-30-29-37-19-9-10-28-46(37)48(47)49-50(44-26-13-24-42(33-44)40-22-11-20-38(31-40)35-15-5-3-6-16-35)53-51(54-52(49)55)45-27-14-25-43(34-45)41-23-12-21-39(32-41)36-17-7-4-8-18-36/h3-34H,1-2H3. The molecule has 2 nitrogen and oxygen atoms in total. The van der Waals surface area contributed by atoms with Crippen molar-refractivity contribution in [2.24, 2.45) is 0 Å². The van der Waals surface area contributed by atoms with Crippen LogP contribution in [-0.4, -0.2) is 18.0 Å². The van der Waals surface area contributed by atoms with E-state index in [1.54, 1.807) is 0 Å². The quantitative estimate of drug-likeness (QED) is 0.160. The monoisotopic (exact) mass is 718 g/mol. The molecule has 0 amide bonds. The molecule has 260 valence electrons. The molecule has 0 aliphatic carbocycles. The Bertz CT molecular complexity index is 2890. The second-order valence-corrected chi connectivity index (χ2v) is 19.3. The summed E-state index contributed by atoms with van der Waals surface area (Å²) in [6.45, 7) is 4.90. The third-order valence-corrected chi connectivity index (χ3v) is 14.5. The fourth-order valence-electron chi connectivity index (χ4n) is 8.38. The molecule has 0 atom stereocenters. The summed E-state index contributed by atoms with van der Waals surface area (Å²) < 4.78 is 0. The molecule has 0 saturated heterocycles. The van der Waals surface area contributed by atoms with E-state index in [9.17, 15) is 0 Å². The SMILES string of the molecule is C[Si]1(C)c2ccc3ccccc3c2-c2c(-c3cccc(-c4cccc(-c5ccccc5)c4)c3)nc(-c3cccc(-c4cccc(-c5ccccc5)c4)c3)nc21. The summed E-state index contributed by atoms with van der Waals surface area (Å²) in [5.74, 6) is 0.768. The molecule has 0 saturated carbocycles. The van der Waals surface area contributed by atoms with E-state index in [0.29, 0.717) is 0 Å². The van der Waals surface area contributed by atoms with Gasteiger partial charge in [-0.15, -0.1) is 0 Å². The molecule has 0 bridgehead atoms. The Hall–Kier alpha value is -6.68. The third kappa shape index (κ3) is 5.81. The average Bonchev–Trinajstić information content (AvgIpc) is 3.50. The van der Waals surface area contributed by atoms with Crippen LogP contribution >= 0.6 is 0 Å². The zero-order valence-corrected chi connectivity index (χ0v) is 31.9. The lowest BCUT2D eigenvalue weighted by Gasteiger charge is -2.19. The first-order valence-corrected chi connectivity index (χ1v) is 22.0. The zero-order valence-electron chi connectivity index (χ0n) is 30.9. The van der Waals surface area contributed by atoms with Gasteiger partial charge in [-0.3, -0.25) is 0 Å². The Kier molecular flexibility index (Phi) is 7.97. The van der Waals surface area contributed by atoms with Crippen LogP contribution in [0.4, 0.5) is 0 Å². The van der Waals surface area contributed by atoms with Crippen molar-refractivity contribution in [1.82, 2.24) is 9.97 Å². The predicted molar refractivity (Wildman–Crippen MR) is 234 cm³/mol. The Morgan fingerprint density at radius 3 is 1.36 bits per heavy atom. The first kappa shape index (κ1) is 32.9. The van der Waals surface area contributed by atoms with Gasteiger partial charge in [0.05, 0.1) is 5.69 Å². The summed E-state index contributed by atoms with van der Waals surface area (Å²) in [7, 11) is -2.22. The van der Waals surface area contributed by atoms with Crippen LogP contribution < -0.4 is 10.5 Å². The van der Waals surface area contributed by atoms with Gasteiger partial charge < -0.3 is 0 Å². The minimum absolute atomic E-state index is 0.768. The molecule has 9 aromatic rings. The maximum absolute atomic E-state index is 5.57. The number of hydrogen-bond donors (Lipinski definition) is 0. The average molecular weight is 719 g/mol. The van der Waals surface area contributed by atoms with Crippen LogP contribution in [0, 0.1) is 0 Å². The van der Waals surface area contributed by atoms with Crippen molar-refractivity contribution in [3.8, 4) is 78.3 Å². The molecule has 2 heterocycles. The second kappa shape index (κ2) is 13.3. The number of hydrogen-bond acceptors (Lipinski definition) is 2. The first-order chi connectivity index (χ1) is 27.0. The largest absolute Gasteiger partial charge is 0.237 e. The van der Waals surface area contributed by atoms with Gasteiger partial charge in [-0.25, -0.2) is 9.97 Å². The van der Waals surface area contributed by atoms with Crippen LogP contribution in [0.15, 0.2) is 194 Å². The lowest BCUT2D eigenvalue weighted by Crippen LogP contribution is -2.50. The van der Waals surface area contributed by atoms with Gasteiger partial charge in [0.15, 0.2) is 5.82 Å². The van der Waals surface area contributed by atoms with E-state index in [-0.39, 0.29) is 0 Å². The van der Waals surface area contributed by atoms with Gasteiger partial charge in [0, 0.05) is 22.0 Å². The van der Waals surface area contributed by atoms with Gasteiger partial charge in [0.25, 0.3) is 0 Å². The van der Waals surface area contributed by atoms with Gasteiger partial charge in [-0.2, -0.15) is 0 Å².